The first-order chi connectivity index (χ1) is 6.00. The van der Waals surface area contributed by atoms with Crippen LogP contribution in [-0.2, 0) is 4.74 Å². The normalized spacial score (nSPS) is 52.2. The number of hydrogen-bond donors (Lipinski definition) is 4. The number of rotatable bonds is 1. The molecule has 0 aromatic rings. The molecule has 0 amide bonds. The molecule has 0 radical (unpaired) electrons. The molecule has 13 heavy (non-hydrogen) atoms. The molecule has 0 spiro atoms. The third kappa shape index (κ3) is 1.97. The highest BCUT2D eigenvalue weighted by atomic mass is 127. The molecule has 1 fully saturated rings. The van der Waals surface area contributed by atoms with E-state index in [1.807, 2.05) is 22.6 Å². The first-order valence-electron chi connectivity index (χ1n) is 3.89. The van der Waals surface area contributed by atoms with E-state index in [0.29, 0.717) is 0 Å². The summed E-state index contributed by atoms with van der Waals surface area (Å²) in [5, 5.41) is 37.6. The molecule has 0 heterocycles. The van der Waals surface area contributed by atoms with Crippen molar-refractivity contribution < 1.29 is 25.2 Å². The number of aliphatic hydroxyl groups excluding tert-OH is 4. The minimum atomic E-state index is -1.27. The molecule has 4 N–H and O–H groups in total. The number of methoxy groups -OCH3 is 1. The summed E-state index contributed by atoms with van der Waals surface area (Å²) in [6.07, 6.45) is -5.47. The van der Waals surface area contributed by atoms with Gasteiger partial charge >= 0.3 is 0 Å². The monoisotopic (exact) mass is 304 g/mol. The minimum absolute atomic E-state index is 0.541. The standard InChI is InChI=1S/C7H13IO5/c1-13-7-4(10)2(8)3(9)5(11)6(7)12/h2-7,9-12H,1H3/t2-,3-,4+,5+,6-,7-/m1/s1. The van der Waals surface area contributed by atoms with E-state index in [2.05, 4.69) is 0 Å². The molecule has 1 aliphatic carbocycles. The Bertz CT molecular complexity index is 162. The van der Waals surface area contributed by atoms with E-state index in [1.165, 1.54) is 7.11 Å². The van der Waals surface area contributed by atoms with Crippen LogP contribution in [0.3, 0.4) is 0 Å². The molecule has 1 aliphatic rings. The second-order valence-electron chi connectivity index (χ2n) is 3.11. The summed E-state index contributed by atoms with van der Waals surface area (Å²) in [6, 6.07) is 0. The zero-order valence-corrected chi connectivity index (χ0v) is 9.20. The maximum Gasteiger partial charge on any atom is 0.113 e. The lowest BCUT2D eigenvalue weighted by Gasteiger charge is -2.41. The molecule has 0 aliphatic heterocycles. The van der Waals surface area contributed by atoms with Crippen molar-refractivity contribution in [3.8, 4) is 0 Å². The second kappa shape index (κ2) is 4.37. The average Bonchev–Trinajstić information content (AvgIpc) is 2.13. The fraction of sp³-hybridized carbons (Fsp3) is 1.00. The van der Waals surface area contributed by atoms with Crippen molar-refractivity contribution in [2.75, 3.05) is 7.11 Å². The van der Waals surface area contributed by atoms with Crippen molar-refractivity contribution in [3.05, 3.63) is 0 Å². The fourth-order valence-corrected chi connectivity index (χ4v) is 2.28. The van der Waals surface area contributed by atoms with Crippen molar-refractivity contribution in [3.63, 3.8) is 0 Å². The van der Waals surface area contributed by atoms with Crippen LogP contribution in [0.5, 0.6) is 0 Å². The van der Waals surface area contributed by atoms with E-state index in [1.54, 1.807) is 0 Å². The van der Waals surface area contributed by atoms with Gasteiger partial charge in [-0.3, -0.25) is 0 Å². The molecular formula is C7H13IO5. The molecule has 78 valence electrons. The van der Waals surface area contributed by atoms with E-state index < -0.39 is 34.4 Å². The minimum Gasteiger partial charge on any atom is -0.389 e. The third-order valence-corrected chi connectivity index (χ3v) is 3.77. The highest BCUT2D eigenvalue weighted by molar-refractivity contribution is 14.1. The topological polar surface area (TPSA) is 90.2 Å². The highest BCUT2D eigenvalue weighted by Gasteiger charge is 2.47. The van der Waals surface area contributed by atoms with Gasteiger partial charge in [0.2, 0.25) is 0 Å². The Hall–Kier alpha value is 0.530. The van der Waals surface area contributed by atoms with Crippen molar-refractivity contribution in [2.24, 2.45) is 0 Å². The number of aliphatic hydroxyl groups is 4. The Kier molecular flexibility index (Phi) is 3.90. The van der Waals surface area contributed by atoms with Gasteiger partial charge in [-0.2, -0.15) is 0 Å². The van der Waals surface area contributed by atoms with E-state index in [0.717, 1.165) is 0 Å². The lowest BCUT2D eigenvalue weighted by atomic mass is 9.87. The van der Waals surface area contributed by atoms with Crippen LogP contribution in [0.4, 0.5) is 0 Å². The highest BCUT2D eigenvalue weighted by Crippen LogP contribution is 2.28. The lowest BCUT2D eigenvalue weighted by Crippen LogP contribution is -2.62. The molecule has 0 aromatic heterocycles. The summed E-state index contributed by atoms with van der Waals surface area (Å²) in [5.74, 6) is 0. The molecule has 0 aromatic carbocycles. The van der Waals surface area contributed by atoms with E-state index in [-0.39, 0.29) is 0 Å². The van der Waals surface area contributed by atoms with Crippen LogP contribution in [0.25, 0.3) is 0 Å². The zero-order chi connectivity index (χ0) is 10.2. The average molecular weight is 304 g/mol. The largest absolute Gasteiger partial charge is 0.389 e. The van der Waals surface area contributed by atoms with E-state index >= 15 is 0 Å². The van der Waals surface area contributed by atoms with Gasteiger partial charge in [-0.15, -0.1) is 0 Å². The summed E-state index contributed by atoms with van der Waals surface area (Å²) in [7, 11) is 1.34. The van der Waals surface area contributed by atoms with Crippen molar-refractivity contribution >= 4 is 22.6 Å². The van der Waals surface area contributed by atoms with E-state index in [4.69, 9.17) is 4.74 Å². The maximum atomic E-state index is 9.53. The molecule has 0 saturated heterocycles. The number of hydrogen-bond acceptors (Lipinski definition) is 5. The van der Waals surface area contributed by atoms with Crippen LogP contribution in [-0.4, -0.2) is 62.0 Å². The van der Waals surface area contributed by atoms with Crippen molar-refractivity contribution in [2.45, 2.75) is 34.4 Å². The van der Waals surface area contributed by atoms with Crippen LogP contribution in [0.2, 0.25) is 0 Å². The predicted molar refractivity (Wildman–Crippen MR) is 52.6 cm³/mol. The first kappa shape index (κ1) is 11.6. The lowest BCUT2D eigenvalue weighted by molar-refractivity contribution is -0.179. The Morgan fingerprint density at radius 2 is 1.46 bits per heavy atom. The molecule has 1 rings (SSSR count). The van der Waals surface area contributed by atoms with Crippen molar-refractivity contribution in [1.29, 1.82) is 0 Å². The van der Waals surface area contributed by atoms with Gasteiger partial charge in [-0.05, 0) is 0 Å². The summed E-state index contributed by atoms with van der Waals surface area (Å²) in [4.78, 5) is 0. The van der Waals surface area contributed by atoms with Gasteiger partial charge in [-0.1, -0.05) is 22.6 Å². The maximum absolute atomic E-state index is 9.53. The smallest absolute Gasteiger partial charge is 0.113 e. The van der Waals surface area contributed by atoms with E-state index in [9.17, 15) is 20.4 Å². The summed E-state index contributed by atoms with van der Waals surface area (Å²) >= 11 is 1.82. The van der Waals surface area contributed by atoms with Crippen LogP contribution in [0.15, 0.2) is 0 Å². The Morgan fingerprint density at radius 1 is 0.923 bits per heavy atom. The van der Waals surface area contributed by atoms with Crippen LogP contribution >= 0.6 is 22.6 Å². The van der Waals surface area contributed by atoms with Gasteiger partial charge in [0.05, 0.1) is 16.1 Å². The van der Waals surface area contributed by atoms with Crippen LogP contribution < -0.4 is 0 Å². The number of alkyl halides is 1. The van der Waals surface area contributed by atoms with Gasteiger partial charge in [0.15, 0.2) is 0 Å². The molecular weight excluding hydrogens is 291 g/mol. The van der Waals surface area contributed by atoms with Gasteiger partial charge in [0, 0.05) is 7.11 Å². The van der Waals surface area contributed by atoms with Gasteiger partial charge < -0.3 is 25.2 Å². The first-order valence-corrected chi connectivity index (χ1v) is 5.14. The summed E-state index contributed by atoms with van der Waals surface area (Å²) in [5.41, 5.74) is 0. The quantitative estimate of drug-likeness (QED) is 0.341. The summed E-state index contributed by atoms with van der Waals surface area (Å²) in [6.45, 7) is 0. The molecule has 0 unspecified atom stereocenters. The third-order valence-electron chi connectivity index (χ3n) is 2.30. The molecule has 5 nitrogen and oxygen atoms in total. The number of ether oxygens (including phenoxy) is 1. The SMILES string of the molecule is CO[C@H]1[C@H](O)[C@@H](O)[C@H](O)[C@@H](I)[C@@H]1O. The fourth-order valence-electron chi connectivity index (χ4n) is 1.45. The summed E-state index contributed by atoms with van der Waals surface area (Å²) < 4.78 is 4.29. The molecule has 0 bridgehead atoms. The zero-order valence-electron chi connectivity index (χ0n) is 7.04. The van der Waals surface area contributed by atoms with Crippen LogP contribution in [0, 0.1) is 0 Å². The van der Waals surface area contributed by atoms with Gasteiger partial charge in [-0.25, -0.2) is 0 Å². The van der Waals surface area contributed by atoms with Crippen LogP contribution in [0.1, 0.15) is 0 Å². The number of halogens is 1. The van der Waals surface area contributed by atoms with Gasteiger partial charge in [0.1, 0.15) is 18.3 Å². The Balaban J connectivity index is 2.79. The molecule has 1 saturated carbocycles. The second-order valence-corrected chi connectivity index (χ2v) is 4.55. The van der Waals surface area contributed by atoms with Gasteiger partial charge in [0.25, 0.3) is 0 Å². The predicted octanol–water partition coefficient (Wildman–Crippen LogP) is -1.74. The Labute approximate surface area is 89.5 Å². The molecule has 6 heteroatoms. The molecule has 6 atom stereocenters. The Morgan fingerprint density at radius 3 is 1.92 bits per heavy atom. The van der Waals surface area contributed by atoms with Crippen molar-refractivity contribution in [1.82, 2.24) is 0 Å².